The molecule has 2 heterocycles. The molecule has 0 spiro atoms. The average molecular weight is 227 g/mol. The molecule has 0 radical (unpaired) electrons. The van der Waals surface area contributed by atoms with Crippen LogP contribution in [0.1, 0.15) is 12.8 Å². The van der Waals surface area contributed by atoms with Gasteiger partial charge in [0.25, 0.3) is 0 Å². The summed E-state index contributed by atoms with van der Waals surface area (Å²) < 4.78 is 5.65. The maximum Gasteiger partial charge on any atom is 0.139 e. The molecule has 0 unspecified atom stereocenters. The molecule has 1 aromatic rings. The Hall–Kier alpha value is -0.800. The van der Waals surface area contributed by atoms with E-state index < -0.39 is 0 Å². The average Bonchev–Trinajstić information content (AvgIpc) is 2.61. The van der Waals surface area contributed by atoms with Crippen LogP contribution in [0.15, 0.2) is 18.5 Å². The minimum atomic E-state index is 0.531. The molecule has 1 saturated heterocycles. The fraction of sp³-hybridized carbons (Fsp3) is 0.545. The van der Waals surface area contributed by atoms with Gasteiger partial charge in [-0.3, -0.25) is 4.98 Å². The molecule has 0 aromatic carbocycles. The van der Waals surface area contributed by atoms with Crippen LogP contribution < -0.4 is 4.74 Å². The van der Waals surface area contributed by atoms with Crippen LogP contribution in [0, 0.1) is 0 Å². The van der Waals surface area contributed by atoms with Gasteiger partial charge in [-0.25, -0.2) is 0 Å². The van der Waals surface area contributed by atoms with Crippen molar-refractivity contribution in [2.75, 3.05) is 20.2 Å². The first-order valence-corrected chi connectivity index (χ1v) is 5.57. The predicted octanol–water partition coefficient (Wildman–Crippen LogP) is 2.21. The van der Waals surface area contributed by atoms with Gasteiger partial charge in [0.05, 0.1) is 11.2 Å². The van der Waals surface area contributed by atoms with Crippen LogP contribution in [0.2, 0.25) is 5.02 Å². The van der Waals surface area contributed by atoms with Crippen molar-refractivity contribution in [2.24, 2.45) is 0 Å². The Morgan fingerprint density at radius 2 is 2.47 bits per heavy atom. The van der Waals surface area contributed by atoms with Crippen molar-refractivity contribution in [3.05, 3.63) is 23.5 Å². The van der Waals surface area contributed by atoms with Crippen LogP contribution in [0.25, 0.3) is 0 Å². The summed E-state index contributed by atoms with van der Waals surface area (Å²) >= 11 is 5.82. The first kappa shape index (κ1) is 10.7. The van der Waals surface area contributed by atoms with E-state index in [-0.39, 0.29) is 0 Å². The summed E-state index contributed by atoms with van der Waals surface area (Å²) in [6, 6.07) is 2.33. The summed E-state index contributed by atoms with van der Waals surface area (Å²) in [5.74, 6) is 0.753. The number of hydrogen-bond acceptors (Lipinski definition) is 3. The van der Waals surface area contributed by atoms with Crippen molar-refractivity contribution in [3.8, 4) is 5.75 Å². The van der Waals surface area contributed by atoms with E-state index in [1.54, 1.807) is 18.5 Å². The number of ether oxygens (including phenoxy) is 1. The molecule has 0 aliphatic carbocycles. The van der Waals surface area contributed by atoms with E-state index in [0.717, 1.165) is 12.4 Å². The molecule has 0 bridgehead atoms. The molecular formula is C11H15ClN2O. The lowest BCUT2D eigenvalue weighted by atomic mass is 10.2. The van der Waals surface area contributed by atoms with Gasteiger partial charge in [-0.05, 0) is 26.4 Å². The van der Waals surface area contributed by atoms with Crippen molar-refractivity contribution in [1.29, 1.82) is 0 Å². The van der Waals surface area contributed by atoms with Gasteiger partial charge in [-0.1, -0.05) is 11.6 Å². The molecule has 3 nitrogen and oxygen atoms in total. The molecule has 1 aliphatic heterocycles. The summed E-state index contributed by atoms with van der Waals surface area (Å²) in [4.78, 5) is 6.31. The molecule has 15 heavy (non-hydrogen) atoms. The number of likely N-dealkylation sites (tertiary alicyclic amines) is 1. The van der Waals surface area contributed by atoms with Gasteiger partial charge in [0.15, 0.2) is 0 Å². The minimum Gasteiger partial charge on any atom is -0.490 e. The third-order valence-corrected chi connectivity index (χ3v) is 3.00. The third kappa shape index (κ3) is 2.83. The molecule has 1 fully saturated rings. The van der Waals surface area contributed by atoms with E-state index in [9.17, 15) is 0 Å². The van der Waals surface area contributed by atoms with Crippen LogP contribution in [0.5, 0.6) is 5.75 Å². The topological polar surface area (TPSA) is 25.4 Å². The van der Waals surface area contributed by atoms with E-state index >= 15 is 0 Å². The zero-order valence-electron chi connectivity index (χ0n) is 8.82. The number of halogens is 1. The van der Waals surface area contributed by atoms with Gasteiger partial charge in [0.1, 0.15) is 12.4 Å². The summed E-state index contributed by atoms with van der Waals surface area (Å²) in [6.45, 7) is 1.89. The van der Waals surface area contributed by atoms with E-state index in [1.807, 2.05) is 0 Å². The maximum absolute atomic E-state index is 5.82. The Bertz CT molecular complexity index is 332. The van der Waals surface area contributed by atoms with Crippen LogP contribution >= 0.6 is 11.6 Å². The molecule has 82 valence electrons. The van der Waals surface area contributed by atoms with E-state index in [1.165, 1.54) is 19.4 Å². The third-order valence-electron chi connectivity index (χ3n) is 2.79. The Kier molecular flexibility index (Phi) is 3.44. The number of rotatable bonds is 3. The molecule has 4 heteroatoms. The monoisotopic (exact) mass is 226 g/mol. The molecular weight excluding hydrogens is 212 g/mol. The highest BCUT2D eigenvalue weighted by molar-refractivity contribution is 6.30. The highest BCUT2D eigenvalue weighted by Gasteiger charge is 2.21. The SMILES string of the molecule is CN1CCC[C@H]1COc1cncc(Cl)c1. The molecule has 0 saturated carbocycles. The summed E-state index contributed by atoms with van der Waals surface area (Å²) in [5.41, 5.74) is 0. The van der Waals surface area contributed by atoms with Crippen molar-refractivity contribution in [1.82, 2.24) is 9.88 Å². The minimum absolute atomic E-state index is 0.531. The second kappa shape index (κ2) is 4.81. The molecule has 1 aromatic heterocycles. The number of pyridine rings is 1. The number of hydrogen-bond donors (Lipinski definition) is 0. The zero-order valence-corrected chi connectivity index (χ0v) is 9.57. The van der Waals surface area contributed by atoms with Crippen molar-refractivity contribution >= 4 is 11.6 Å². The van der Waals surface area contributed by atoms with E-state index in [4.69, 9.17) is 16.3 Å². The molecule has 1 aliphatic rings. The van der Waals surface area contributed by atoms with Gasteiger partial charge < -0.3 is 9.64 Å². The summed E-state index contributed by atoms with van der Waals surface area (Å²) in [7, 11) is 2.14. The quantitative estimate of drug-likeness (QED) is 0.790. The Labute approximate surface area is 95.0 Å². The maximum atomic E-state index is 5.82. The summed E-state index contributed by atoms with van der Waals surface area (Å²) in [6.07, 6.45) is 5.78. The van der Waals surface area contributed by atoms with Gasteiger partial charge in [-0.15, -0.1) is 0 Å². The first-order valence-electron chi connectivity index (χ1n) is 5.19. The van der Waals surface area contributed by atoms with Crippen molar-refractivity contribution in [2.45, 2.75) is 18.9 Å². The summed E-state index contributed by atoms with van der Waals surface area (Å²) in [5, 5.41) is 0.618. The Morgan fingerprint density at radius 1 is 1.60 bits per heavy atom. The van der Waals surface area contributed by atoms with Gasteiger partial charge in [0.2, 0.25) is 0 Å². The standard InChI is InChI=1S/C11H15ClN2O/c1-14-4-2-3-10(14)8-15-11-5-9(12)6-13-7-11/h5-7,10H,2-4,8H2,1H3/t10-/m0/s1. The van der Waals surface area contributed by atoms with Gasteiger partial charge >= 0.3 is 0 Å². The molecule has 2 rings (SSSR count). The van der Waals surface area contributed by atoms with Gasteiger partial charge in [-0.2, -0.15) is 0 Å². The van der Waals surface area contributed by atoms with Crippen LogP contribution in [0.3, 0.4) is 0 Å². The number of likely N-dealkylation sites (N-methyl/N-ethyl adjacent to an activating group) is 1. The second-order valence-corrected chi connectivity index (χ2v) is 4.36. The van der Waals surface area contributed by atoms with E-state index in [2.05, 4.69) is 16.9 Å². The number of aromatic nitrogens is 1. The lowest BCUT2D eigenvalue weighted by Crippen LogP contribution is -2.30. The Morgan fingerprint density at radius 3 is 3.13 bits per heavy atom. The molecule has 0 N–H and O–H groups in total. The Balaban J connectivity index is 1.87. The smallest absolute Gasteiger partial charge is 0.139 e. The van der Waals surface area contributed by atoms with Crippen molar-refractivity contribution in [3.63, 3.8) is 0 Å². The highest BCUT2D eigenvalue weighted by Crippen LogP contribution is 2.18. The fourth-order valence-electron chi connectivity index (χ4n) is 1.85. The van der Waals surface area contributed by atoms with Crippen LogP contribution in [-0.4, -0.2) is 36.1 Å². The highest BCUT2D eigenvalue weighted by atomic mass is 35.5. The number of nitrogens with zero attached hydrogens (tertiary/aromatic N) is 2. The molecule has 1 atom stereocenters. The first-order chi connectivity index (χ1) is 7.25. The molecule has 0 amide bonds. The lowest BCUT2D eigenvalue weighted by molar-refractivity contribution is 0.198. The van der Waals surface area contributed by atoms with Crippen LogP contribution in [-0.2, 0) is 0 Å². The van der Waals surface area contributed by atoms with Crippen molar-refractivity contribution < 1.29 is 4.74 Å². The predicted molar refractivity (Wildman–Crippen MR) is 60.4 cm³/mol. The zero-order chi connectivity index (χ0) is 10.7. The van der Waals surface area contributed by atoms with E-state index in [0.29, 0.717) is 11.1 Å². The fourth-order valence-corrected chi connectivity index (χ4v) is 2.02. The van der Waals surface area contributed by atoms with Crippen LogP contribution in [0.4, 0.5) is 0 Å². The second-order valence-electron chi connectivity index (χ2n) is 3.93. The van der Waals surface area contributed by atoms with Gasteiger partial charge in [0, 0.05) is 18.3 Å². The lowest BCUT2D eigenvalue weighted by Gasteiger charge is -2.19. The largest absolute Gasteiger partial charge is 0.490 e. The normalized spacial score (nSPS) is 21.9.